The predicted molar refractivity (Wildman–Crippen MR) is 86.4 cm³/mol. The summed E-state index contributed by atoms with van der Waals surface area (Å²) in [5, 5.41) is 18.0. The number of benzene rings is 1. The molecule has 2 heterocycles. The van der Waals surface area contributed by atoms with Crippen LogP contribution in [-0.2, 0) is 0 Å². The third kappa shape index (κ3) is 3.10. The van der Waals surface area contributed by atoms with Crippen LogP contribution >= 0.6 is 11.3 Å². The van der Waals surface area contributed by atoms with Crippen molar-refractivity contribution < 1.29 is 9.72 Å². The Kier molecular flexibility index (Phi) is 4.08. The number of thiophene rings is 1. The highest BCUT2D eigenvalue weighted by Gasteiger charge is 2.21. The standard InChI is InChI=1S/C15H17N3O3S/c1-9-6-11(4-5-16-9)17-15(19)14-8-10-7-12(18(20)21)2-3-13(10)22-14/h2-3,7-9,11,16H,4-6H2,1H3,(H,17,19). The number of amides is 1. The fourth-order valence-electron chi connectivity index (χ4n) is 2.78. The molecule has 7 heteroatoms. The number of nitro benzene ring substituents is 1. The summed E-state index contributed by atoms with van der Waals surface area (Å²) in [6.07, 6.45) is 1.84. The lowest BCUT2D eigenvalue weighted by molar-refractivity contribution is -0.384. The van der Waals surface area contributed by atoms with E-state index >= 15 is 0 Å². The Bertz CT molecular complexity index is 728. The molecule has 0 saturated carbocycles. The zero-order valence-electron chi connectivity index (χ0n) is 12.2. The van der Waals surface area contributed by atoms with E-state index in [0.29, 0.717) is 10.9 Å². The van der Waals surface area contributed by atoms with Gasteiger partial charge in [-0.2, -0.15) is 0 Å². The maximum atomic E-state index is 12.4. The van der Waals surface area contributed by atoms with Crippen LogP contribution in [0.2, 0.25) is 0 Å². The summed E-state index contributed by atoms with van der Waals surface area (Å²) < 4.78 is 0.884. The average molecular weight is 319 g/mol. The van der Waals surface area contributed by atoms with E-state index in [0.717, 1.165) is 29.5 Å². The largest absolute Gasteiger partial charge is 0.349 e. The van der Waals surface area contributed by atoms with Crippen LogP contribution in [0, 0.1) is 10.1 Å². The number of nitro groups is 1. The van der Waals surface area contributed by atoms with Crippen molar-refractivity contribution in [2.45, 2.75) is 31.8 Å². The van der Waals surface area contributed by atoms with Gasteiger partial charge in [0.1, 0.15) is 0 Å². The molecule has 22 heavy (non-hydrogen) atoms. The zero-order valence-corrected chi connectivity index (χ0v) is 13.0. The second-order valence-corrected chi connectivity index (χ2v) is 6.72. The zero-order chi connectivity index (χ0) is 15.7. The molecule has 2 atom stereocenters. The van der Waals surface area contributed by atoms with Crippen molar-refractivity contribution in [1.29, 1.82) is 0 Å². The molecule has 116 valence electrons. The molecular formula is C15H17N3O3S. The van der Waals surface area contributed by atoms with E-state index in [1.54, 1.807) is 12.1 Å². The SMILES string of the molecule is CC1CC(NC(=O)c2cc3cc([N+](=O)[O-])ccc3s2)CCN1. The maximum Gasteiger partial charge on any atom is 0.270 e. The van der Waals surface area contributed by atoms with Crippen LogP contribution in [0.4, 0.5) is 5.69 Å². The van der Waals surface area contributed by atoms with Gasteiger partial charge in [-0.05, 0) is 38.4 Å². The van der Waals surface area contributed by atoms with E-state index in [1.807, 2.05) is 0 Å². The van der Waals surface area contributed by atoms with Crippen LogP contribution in [-0.4, -0.2) is 29.5 Å². The Morgan fingerprint density at radius 3 is 3.00 bits per heavy atom. The van der Waals surface area contributed by atoms with Crippen molar-refractivity contribution in [3.8, 4) is 0 Å². The first-order valence-corrected chi connectivity index (χ1v) is 8.07. The molecule has 1 fully saturated rings. The average Bonchev–Trinajstić information content (AvgIpc) is 2.90. The molecule has 1 aromatic heterocycles. The van der Waals surface area contributed by atoms with Crippen LogP contribution < -0.4 is 10.6 Å². The number of fused-ring (bicyclic) bond motifs is 1. The molecule has 0 bridgehead atoms. The first-order chi connectivity index (χ1) is 10.5. The molecule has 2 N–H and O–H groups in total. The number of hydrogen-bond donors (Lipinski definition) is 2. The molecule has 1 amide bonds. The van der Waals surface area contributed by atoms with Gasteiger partial charge in [0.2, 0.25) is 0 Å². The van der Waals surface area contributed by atoms with Crippen molar-refractivity contribution in [3.05, 3.63) is 39.3 Å². The number of hydrogen-bond acceptors (Lipinski definition) is 5. The number of rotatable bonds is 3. The van der Waals surface area contributed by atoms with Gasteiger partial charge in [-0.15, -0.1) is 11.3 Å². The van der Waals surface area contributed by atoms with Crippen LogP contribution in [0.5, 0.6) is 0 Å². The highest BCUT2D eigenvalue weighted by atomic mass is 32.1. The van der Waals surface area contributed by atoms with Crippen LogP contribution in [0.15, 0.2) is 24.3 Å². The summed E-state index contributed by atoms with van der Waals surface area (Å²) in [7, 11) is 0. The molecule has 0 radical (unpaired) electrons. The van der Waals surface area contributed by atoms with Gasteiger partial charge in [-0.1, -0.05) is 0 Å². The number of carbonyl (C=O) groups is 1. The lowest BCUT2D eigenvalue weighted by Crippen LogP contribution is -2.46. The topological polar surface area (TPSA) is 84.3 Å². The fraction of sp³-hybridized carbons (Fsp3) is 0.400. The number of nitrogens with one attached hydrogen (secondary N) is 2. The van der Waals surface area contributed by atoms with E-state index < -0.39 is 4.92 Å². The quantitative estimate of drug-likeness (QED) is 0.673. The van der Waals surface area contributed by atoms with Crippen molar-refractivity contribution >= 4 is 33.0 Å². The summed E-state index contributed by atoms with van der Waals surface area (Å²) in [4.78, 5) is 23.3. The number of piperidine rings is 1. The summed E-state index contributed by atoms with van der Waals surface area (Å²) in [5.41, 5.74) is 0.0458. The van der Waals surface area contributed by atoms with Gasteiger partial charge in [0.15, 0.2) is 0 Å². The van der Waals surface area contributed by atoms with Gasteiger partial charge in [0, 0.05) is 34.3 Å². The lowest BCUT2D eigenvalue weighted by atomic mass is 10.0. The molecule has 3 rings (SSSR count). The first-order valence-electron chi connectivity index (χ1n) is 7.25. The van der Waals surface area contributed by atoms with Crippen molar-refractivity contribution in [2.24, 2.45) is 0 Å². The van der Waals surface area contributed by atoms with Gasteiger partial charge < -0.3 is 10.6 Å². The second-order valence-electron chi connectivity index (χ2n) is 5.64. The van der Waals surface area contributed by atoms with Gasteiger partial charge in [-0.25, -0.2) is 0 Å². The van der Waals surface area contributed by atoms with E-state index in [9.17, 15) is 14.9 Å². The molecule has 2 aromatic rings. The van der Waals surface area contributed by atoms with E-state index in [4.69, 9.17) is 0 Å². The lowest BCUT2D eigenvalue weighted by Gasteiger charge is -2.28. The Morgan fingerprint density at radius 2 is 2.27 bits per heavy atom. The number of non-ortho nitro benzene ring substituents is 1. The van der Waals surface area contributed by atoms with Crippen LogP contribution in [0.3, 0.4) is 0 Å². The molecular weight excluding hydrogens is 302 g/mol. The first kappa shape index (κ1) is 14.9. The second kappa shape index (κ2) is 6.02. The van der Waals surface area contributed by atoms with E-state index in [-0.39, 0.29) is 17.6 Å². The van der Waals surface area contributed by atoms with Crippen LogP contribution in [0.1, 0.15) is 29.4 Å². The summed E-state index contributed by atoms with van der Waals surface area (Å²) in [6, 6.07) is 6.99. The minimum atomic E-state index is -0.423. The van der Waals surface area contributed by atoms with Crippen LogP contribution in [0.25, 0.3) is 10.1 Å². The highest BCUT2D eigenvalue weighted by Crippen LogP contribution is 2.29. The summed E-state index contributed by atoms with van der Waals surface area (Å²) in [6.45, 7) is 3.02. The third-order valence-electron chi connectivity index (χ3n) is 3.89. The normalized spacial score (nSPS) is 21.7. The number of carbonyl (C=O) groups excluding carboxylic acids is 1. The number of nitrogens with zero attached hydrogens (tertiary/aromatic N) is 1. The minimum Gasteiger partial charge on any atom is -0.349 e. The van der Waals surface area contributed by atoms with Crippen molar-refractivity contribution in [2.75, 3.05) is 6.54 Å². The Hall–Kier alpha value is -1.99. The van der Waals surface area contributed by atoms with Gasteiger partial charge in [0.05, 0.1) is 9.80 Å². The molecule has 1 aliphatic rings. The van der Waals surface area contributed by atoms with Crippen molar-refractivity contribution in [3.63, 3.8) is 0 Å². The smallest absolute Gasteiger partial charge is 0.270 e. The monoisotopic (exact) mass is 319 g/mol. The molecule has 0 aliphatic carbocycles. The summed E-state index contributed by atoms with van der Waals surface area (Å²) >= 11 is 1.36. The predicted octanol–water partition coefficient (Wildman–Crippen LogP) is 2.68. The summed E-state index contributed by atoms with van der Waals surface area (Å²) in [5.74, 6) is -0.0945. The fourth-order valence-corrected chi connectivity index (χ4v) is 3.72. The Morgan fingerprint density at radius 1 is 1.45 bits per heavy atom. The van der Waals surface area contributed by atoms with Gasteiger partial charge in [0.25, 0.3) is 11.6 Å². The molecule has 0 spiro atoms. The maximum absolute atomic E-state index is 12.4. The molecule has 1 saturated heterocycles. The van der Waals surface area contributed by atoms with Crippen molar-refractivity contribution in [1.82, 2.24) is 10.6 Å². The Balaban J connectivity index is 1.77. The van der Waals surface area contributed by atoms with E-state index in [1.165, 1.54) is 23.5 Å². The molecule has 1 aliphatic heterocycles. The van der Waals surface area contributed by atoms with Gasteiger partial charge >= 0.3 is 0 Å². The Labute approximate surface area is 131 Å². The third-order valence-corrected chi connectivity index (χ3v) is 5.01. The highest BCUT2D eigenvalue weighted by molar-refractivity contribution is 7.20. The molecule has 6 nitrogen and oxygen atoms in total. The molecule has 2 unspecified atom stereocenters. The minimum absolute atomic E-state index is 0.0458. The van der Waals surface area contributed by atoms with Gasteiger partial charge in [-0.3, -0.25) is 14.9 Å². The van der Waals surface area contributed by atoms with E-state index in [2.05, 4.69) is 17.6 Å². The molecule has 1 aromatic carbocycles.